The molecule has 5 nitrogen and oxygen atoms in total. The van der Waals surface area contributed by atoms with E-state index in [0.717, 1.165) is 12.8 Å². The smallest absolute Gasteiger partial charge is 0.349 e. The monoisotopic (exact) mass is 315 g/mol. The molecule has 5 heteroatoms. The molecule has 0 spiro atoms. The van der Waals surface area contributed by atoms with E-state index in [9.17, 15) is 9.59 Å². The maximum atomic E-state index is 12.3. The normalized spacial score (nSPS) is 15.5. The minimum absolute atomic E-state index is 0.0431. The van der Waals surface area contributed by atoms with Crippen LogP contribution in [-0.4, -0.2) is 19.6 Å². The van der Waals surface area contributed by atoms with Crippen LogP contribution in [0.5, 0.6) is 5.75 Å². The lowest BCUT2D eigenvalue weighted by molar-refractivity contribution is 0.0940. The maximum Gasteiger partial charge on any atom is 0.349 e. The standard InChI is InChI=1S/C18H21NO4/c1-22-14-7-8-16-13(9-14)10-15(18(21)23-16)17(20)19-11-12-5-3-2-4-6-12/h7-10,12H,2-6,11H2,1H3,(H,19,20). The quantitative estimate of drug-likeness (QED) is 0.880. The van der Waals surface area contributed by atoms with Crippen LogP contribution in [0.2, 0.25) is 0 Å². The number of ether oxygens (including phenoxy) is 1. The zero-order chi connectivity index (χ0) is 16.2. The number of methoxy groups -OCH3 is 1. The van der Waals surface area contributed by atoms with Crippen molar-refractivity contribution in [1.82, 2.24) is 5.32 Å². The summed E-state index contributed by atoms with van der Waals surface area (Å²) in [6.45, 7) is 0.619. The number of fused-ring (bicyclic) bond motifs is 1. The number of rotatable bonds is 4. The van der Waals surface area contributed by atoms with E-state index in [4.69, 9.17) is 9.15 Å². The Labute approximate surface area is 134 Å². The van der Waals surface area contributed by atoms with E-state index in [2.05, 4.69) is 5.32 Å². The van der Waals surface area contributed by atoms with E-state index in [-0.39, 0.29) is 11.5 Å². The highest BCUT2D eigenvalue weighted by molar-refractivity contribution is 5.96. The third kappa shape index (κ3) is 3.55. The Hall–Kier alpha value is -2.30. The molecule has 1 fully saturated rings. The Bertz CT molecular complexity index is 759. The van der Waals surface area contributed by atoms with Crippen molar-refractivity contribution in [2.45, 2.75) is 32.1 Å². The molecule has 0 saturated heterocycles. The fraction of sp³-hybridized carbons (Fsp3) is 0.444. The van der Waals surface area contributed by atoms with E-state index in [1.165, 1.54) is 19.3 Å². The van der Waals surface area contributed by atoms with Crippen LogP contribution in [0.25, 0.3) is 11.0 Å². The number of carbonyl (C=O) groups excluding carboxylic acids is 1. The molecule has 1 N–H and O–H groups in total. The number of hydrogen-bond acceptors (Lipinski definition) is 4. The molecule has 23 heavy (non-hydrogen) atoms. The molecule has 1 amide bonds. The van der Waals surface area contributed by atoms with Gasteiger partial charge in [-0.25, -0.2) is 4.79 Å². The Balaban J connectivity index is 1.78. The summed E-state index contributed by atoms with van der Waals surface area (Å²) in [7, 11) is 1.57. The molecular weight excluding hydrogens is 294 g/mol. The summed E-state index contributed by atoms with van der Waals surface area (Å²) in [5.74, 6) is 0.800. The van der Waals surface area contributed by atoms with E-state index in [0.29, 0.717) is 29.2 Å². The van der Waals surface area contributed by atoms with Gasteiger partial charge in [0.2, 0.25) is 0 Å². The van der Waals surface area contributed by atoms with Gasteiger partial charge in [-0.15, -0.1) is 0 Å². The van der Waals surface area contributed by atoms with Crippen molar-refractivity contribution in [2.24, 2.45) is 5.92 Å². The van der Waals surface area contributed by atoms with Gasteiger partial charge < -0.3 is 14.5 Å². The van der Waals surface area contributed by atoms with Crippen molar-refractivity contribution in [2.75, 3.05) is 13.7 Å². The third-order valence-electron chi connectivity index (χ3n) is 4.46. The molecular formula is C18H21NO4. The molecule has 0 radical (unpaired) electrons. The minimum atomic E-state index is -0.608. The second kappa shape index (κ2) is 6.86. The average molecular weight is 315 g/mol. The van der Waals surface area contributed by atoms with Gasteiger partial charge >= 0.3 is 5.63 Å². The first-order chi connectivity index (χ1) is 11.2. The van der Waals surface area contributed by atoms with Crippen molar-refractivity contribution in [3.05, 3.63) is 40.2 Å². The molecule has 0 atom stereocenters. The minimum Gasteiger partial charge on any atom is -0.497 e. The Kier molecular flexibility index (Phi) is 4.65. The van der Waals surface area contributed by atoms with Crippen LogP contribution in [0.3, 0.4) is 0 Å². The first-order valence-corrected chi connectivity index (χ1v) is 8.07. The van der Waals surface area contributed by atoms with Gasteiger partial charge in [-0.05, 0) is 43.0 Å². The lowest BCUT2D eigenvalue weighted by Gasteiger charge is -2.21. The van der Waals surface area contributed by atoms with E-state index in [1.54, 1.807) is 31.4 Å². The first kappa shape index (κ1) is 15.6. The molecule has 1 aliphatic carbocycles. The lowest BCUT2D eigenvalue weighted by Crippen LogP contribution is -2.33. The van der Waals surface area contributed by atoms with Gasteiger partial charge in [-0.3, -0.25) is 4.79 Å². The van der Waals surface area contributed by atoms with Gasteiger partial charge in [0.05, 0.1) is 7.11 Å². The van der Waals surface area contributed by atoms with Crippen molar-refractivity contribution in [1.29, 1.82) is 0 Å². The number of amides is 1. The summed E-state index contributed by atoms with van der Waals surface area (Å²) in [6.07, 6.45) is 6.01. The van der Waals surface area contributed by atoms with E-state index >= 15 is 0 Å². The third-order valence-corrected chi connectivity index (χ3v) is 4.46. The molecule has 2 aromatic rings. The maximum absolute atomic E-state index is 12.3. The predicted octanol–water partition coefficient (Wildman–Crippen LogP) is 3.11. The van der Waals surface area contributed by atoms with Crippen LogP contribution in [0.1, 0.15) is 42.5 Å². The van der Waals surface area contributed by atoms with Crippen molar-refractivity contribution < 1.29 is 13.9 Å². The summed E-state index contributed by atoms with van der Waals surface area (Å²) in [5.41, 5.74) is -0.120. The number of benzene rings is 1. The zero-order valence-electron chi connectivity index (χ0n) is 13.3. The van der Waals surface area contributed by atoms with Gasteiger partial charge in [0, 0.05) is 11.9 Å². The molecule has 1 heterocycles. The van der Waals surface area contributed by atoms with Gasteiger partial charge in [0.1, 0.15) is 16.9 Å². The van der Waals surface area contributed by atoms with Gasteiger partial charge in [-0.1, -0.05) is 19.3 Å². The van der Waals surface area contributed by atoms with Gasteiger partial charge in [0.15, 0.2) is 0 Å². The van der Waals surface area contributed by atoms with Crippen LogP contribution in [0.15, 0.2) is 33.5 Å². The molecule has 1 saturated carbocycles. The Morgan fingerprint density at radius 3 is 2.78 bits per heavy atom. The van der Waals surface area contributed by atoms with Crippen molar-refractivity contribution >= 4 is 16.9 Å². The Morgan fingerprint density at radius 1 is 1.26 bits per heavy atom. The predicted molar refractivity (Wildman–Crippen MR) is 87.9 cm³/mol. The molecule has 122 valence electrons. The average Bonchev–Trinajstić information content (AvgIpc) is 2.59. The zero-order valence-corrected chi connectivity index (χ0v) is 13.3. The van der Waals surface area contributed by atoms with Crippen LogP contribution < -0.4 is 15.7 Å². The van der Waals surface area contributed by atoms with Crippen molar-refractivity contribution in [3.63, 3.8) is 0 Å². The highest BCUT2D eigenvalue weighted by atomic mass is 16.5. The number of hydrogen-bond donors (Lipinski definition) is 1. The largest absolute Gasteiger partial charge is 0.497 e. The summed E-state index contributed by atoms with van der Waals surface area (Å²) in [4.78, 5) is 24.3. The van der Waals surface area contributed by atoms with Gasteiger partial charge in [-0.2, -0.15) is 0 Å². The van der Waals surface area contributed by atoms with E-state index in [1.807, 2.05) is 0 Å². The molecule has 1 aliphatic rings. The second-order valence-electron chi connectivity index (χ2n) is 6.07. The summed E-state index contributed by atoms with van der Waals surface area (Å²) >= 11 is 0. The molecule has 0 aliphatic heterocycles. The Morgan fingerprint density at radius 2 is 2.04 bits per heavy atom. The fourth-order valence-electron chi connectivity index (χ4n) is 3.11. The molecule has 1 aromatic carbocycles. The summed E-state index contributed by atoms with van der Waals surface area (Å²) in [5, 5.41) is 3.55. The number of carbonyl (C=O) groups is 1. The second-order valence-corrected chi connectivity index (χ2v) is 6.07. The summed E-state index contributed by atoms with van der Waals surface area (Å²) in [6, 6.07) is 6.70. The summed E-state index contributed by atoms with van der Waals surface area (Å²) < 4.78 is 10.4. The van der Waals surface area contributed by atoms with Gasteiger partial charge in [0.25, 0.3) is 5.91 Å². The number of nitrogens with one attached hydrogen (secondary N) is 1. The molecule has 1 aromatic heterocycles. The highest BCUT2D eigenvalue weighted by Crippen LogP contribution is 2.23. The van der Waals surface area contributed by atoms with Crippen LogP contribution >= 0.6 is 0 Å². The van der Waals surface area contributed by atoms with Crippen LogP contribution in [0, 0.1) is 5.92 Å². The molecule has 0 bridgehead atoms. The molecule has 3 rings (SSSR count). The first-order valence-electron chi connectivity index (χ1n) is 8.07. The van der Waals surface area contributed by atoms with Crippen LogP contribution in [-0.2, 0) is 0 Å². The fourth-order valence-corrected chi connectivity index (χ4v) is 3.11. The lowest BCUT2D eigenvalue weighted by atomic mass is 9.89. The highest BCUT2D eigenvalue weighted by Gasteiger charge is 2.17. The van der Waals surface area contributed by atoms with Crippen LogP contribution in [0.4, 0.5) is 0 Å². The topological polar surface area (TPSA) is 68.5 Å². The van der Waals surface area contributed by atoms with E-state index < -0.39 is 5.63 Å². The van der Waals surface area contributed by atoms with Crippen molar-refractivity contribution in [3.8, 4) is 5.75 Å². The molecule has 0 unspecified atom stereocenters. The SMILES string of the molecule is COc1ccc2oc(=O)c(C(=O)NCC3CCCCC3)cc2c1.